The summed E-state index contributed by atoms with van der Waals surface area (Å²) in [6.45, 7) is 4.13. The van der Waals surface area contributed by atoms with E-state index >= 15 is 0 Å². The molecule has 4 rings (SSSR count). The Hall–Kier alpha value is -3.21. The lowest BCUT2D eigenvalue weighted by Crippen LogP contribution is -1.96. The number of carbonyl (C=O) groups is 1. The molecule has 5 heteroatoms. The number of hydrogen-bond acceptors (Lipinski definition) is 4. The van der Waals surface area contributed by atoms with Crippen molar-refractivity contribution in [2.24, 2.45) is 0 Å². The zero-order chi connectivity index (χ0) is 19.0. The van der Waals surface area contributed by atoms with Crippen molar-refractivity contribution in [1.82, 2.24) is 10.1 Å². The van der Waals surface area contributed by atoms with E-state index in [-0.39, 0.29) is 6.42 Å². The molecule has 3 aromatic rings. The molecule has 0 saturated heterocycles. The molecular formula is C22H20N2O3. The van der Waals surface area contributed by atoms with Crippen molar-refractivity contribution >= 4 is 11.5 Å². The monoisotopic (exact) mass is 360 g/mol. The maximum absolute atomic E-state index is 10.9. The van der Waals surface area contributed by atoms with Crippen LogP contribution in [0.25, 0.3) is 28.4 Å². The van der Waals surface area contributed by atoms with Crippen LogP contribution in [0, 0.1) is 13.8 Å². The summed E-state index contributed by atoms with van der Waals surface area (Å²) in [5, 5.41) is 13.1. The smallest absolute Gasteiger partial charge is 0.303 e. The average molecular weight is 360 g/mol. The molecule has 0 atom stereocenters. The van der Waals surface area contributed by atoms with Crippen molar-refractivity contribution in [1.29, 1.82) is 0 Å². The van der Waals surface area contributed by atoms with E-state index in [2.05, 4.69) is 30.1 Å². The molecule has 0 saturated carbocycles. The minimum atomic E-state index is -0.781. The van der Waals surface area contributed by atoms with Crippen molar-refractivity contribution in [3.63, 3.8) is 0 Å². The predicted octanol–water partition coefficient (Wildman–Crippen LogP) is 4.82. The molecule has 0 unspecified atom stereocenters. The molecule has 1 N–H and O–H groups in total. The van der Waals surface area contributed by atoms with Gasteiger partial charge in [-0.1, -0.05) is 35.5 Å². The Balaban J connectivity index is 1.65. The number of aliphatic carboxylic acids is 1. The van der Waals surface area contributed by atoms with Gasteiger partial charge in [0.2, 0.25) is 5.82 Å². The first-order valence-corrected chi connectivity index (χ1v) is 8.97. The molecule has 0 bridgehead atoms. The minimum Gasteiger partial charge on any atom is -0.481 e. The normalized spacial score (nSPS) is 12.7. The molecule has 1 heterocycles. The Kier molecular flexibility index (Phi) is 4.36. The van der Waals surface area contributed by atoms with E-state index in [1.54, 1.807) is 0 Å². The fourth-order valence-corrected chi connectivity index (χ4v) is 3.46. The van der Waals surface area contributed by atoms with E-state index in [4.69, 9.17) is 9.63 Å². The van der Waals surface area contributed by atoms with E-state index in [9.17, 15) is 4.79 Å². The van der Waals surface area contributed by atoms with Crippen molar-refractivity contribution in [2.75, 3.05) is 0 Å². The van der Waals surface area contributed by atoms with Gasteiger partial charge >= 0.3 is 5.97 Å². The van der Waals surface area contributed by atoms with Crippen molar-refractivity contribution in [3.8, 4) is 22.8 Å². The van der Waals surface area contributed by atoms with Gasteiger partial charge in [-0.2, -0.15) is 4.98 Å². The highest BCUT2D eigenvalue weighted by atomic mass is 16.5. The summed E-state index contributed by atoms with van der Waals surface area (Å²) in [5.41, 5.74) is 7.54. The highest BCUT2D eigenvalue weighted by molar-refractivity contribution is 5.81. The van der Waals surface area contributed by atoms with Crippen LogP contribution in [0.4, 0.5) is 0 Å². The van der Waals surface area contributed by atoms with Gasteiger partial charge in [0.05, 0.1) is 0 Å². The molecule has 1 aliphatic carbocycles. The Labute approximate surface area is 157 Å². The van der Waals surface area contributed by atoms with Crippen LogP contribution in [0.2, 0.25) is 0 Å². The summed E-state index contributed by atoms with van der Waals surface area (Å²) in [6, 6.07) is 12.1. The zero-order valence-corrected chi connectivity index (χ0v) is 15.3. The summed E-state index contributed by atoms with van der Waals surface area (Å²) in [4.78, 5) is 15.5. The number of allylic oxidation sites excluding steroid dienone is 2. The fraction of sp³-hybridized carbons (Fsp3) is 0.227. The summed E-state index contributed by atoms with van der Waals surface area (Å²) in [5.74, 6) is 0.285. The molecule has 1 aliphatic rings. The minimum absolute atomic E-state index is 0.134. The quantitative estimate of drug-likeness (QED) is 0.705. The lowest BCUT2D eigenvalue weighted by Gasteiger charge is -2.07. The van der Waals surface area contributed by atoms with Crippen LogP contribution >= 0.6 is 0 Å². The molecule has 0 amide bonds. The molecule has 0 spiro atoms. The number of carboxylic acid groups (broad SMARTS) is 1. The highest BCUT2D eigenvalue weighted by Gasteiger charge is 2.21. The average Bonchev–Trinajstić information content (AvgIpc) is 3.29. The topological polar surface area (TPSA) is 76.2 Å². The van der Waals surface area contributed by atoms with Crippen LogP contribution in [-0.2, 0) is 11.2 Å². The Bertz CT molecular complexity index is 1060. The van der Waals surface area contributed by atoms with E-state index in [0.29, 0.717) is 18.1 Å². The zero-order valence-electron chi connectivity index (χ0n) is 15.3. The molecule has 0 radical (unpaired) electrons. The number of aromatic nitrogens is 2. The second-order valence-corrected chi connectivity index (χ2v) is 6.88. The maximum Gasteiger partial charge on any atom is 0.303 e. The van der Waals surface area contributed by atoms with E-state index in [0.717, 1.165) is 34.2 Å². The number of nitrogens with zero attached hydrogens (tertiary/aromatic N) is 2. The number of hydrogen-bond donors (Lipinski definition) is 1. The molecule has 5 nitrogen and oxygen atoms in total. The molecule has 0 aliphatic heterocycles. The van der Waals surface area contributed by atoms with Crippen molar-refractivity contribution < 1.29 is 14.4 Å². The van der Waals surface area contributed by atoms with Crippen LogP contribution < -0.4 is 0 Å². The maximum atomic E-state index is 10.9. The van der Waals surface area contributed by atoms with Crippen LogP contribution in [0.1, 0.15) is 35.1 Å². The number of fused-ring (bicyclic) bond motifs is 1. The molecule has 1 aromatic heterocycles. The summed E-state index contributed by atoms with van der Waals surface area (Å²) < 4.78 is 5.51. The lowest BCUT2D eigenvalue weighted by molar-refractivity contribution is -0.136. The largest absolute Gasteiger partial charge is 0.481 e. The first-order valence-electron chi connectivity index (χ1n) is 8.97. The van der Waals surface area contributed by atoms with E-state index in [1.165, 1.54) is 11.1 Å². The van der Waals surface area contributed by atoms with Gasteiger partial charge in [0, 0.05) is 17.5 Å². The third-order valence-electron chi connectivity index (χ3n) is 5.10. The van der Waals surface area contributed by atoms with Crippen LogP contribution in [0.3, 0.4) is 0 Å². The SMILES string of the molecule is Cc1ccc(-c2nc(-c3cccc4c3CC=C4CCC(=O)O)no2)cc1C. The van der Waals surface area contributed by atoms with Gasteiger partial charge in [0.1, 0.15) is 0 Å². The van der Waals surface area contributed by atoms with Crippen LogP contribution in [-0.4, -0.2) is 21.2 Å². The fourth-order valence-electron chi connectivity index (χ4n) is 3.46. The Morgan fingerprint density at radius 1 is 1.15 bits per heavy atom. The molecule has 2 aromatic carbocycles. The summed E-state index contributed by atoms with van der Waals surface area (Å²) in [7, 11) is 0. The van der Waals surface area contributed by atoms with Gasteiger partial charge in [-0.15, -0.1) is 0 Å². The first-order chi connectivity index (χ1) is 13.0. The molecule has 0 fully saturated rings. The number of benzene rings is 2. The Morgan fingerprint density at radius 3 is 2.74 bits per heavy atom. The molecular weight excluding hydrogens is 340 g/mol. The van der Waals surface area contributed by atoms with Gasteiger partial charge in [-0.25, -0.2) is 0 Å². The van der Waals surface area contributed by atoms with Crippen molar-refractivity contribution in [3.05, 3.63) is 64.7 Å². The second-order valence-electron chi connectivity index (χ2n) is 6.88. The van der Waals surface area contributed by atoms with Crippen molar-refractivity contribution in [2.45, 2.75) is 33.1 Å². The number of aryl methyl sites for hydroxylation is 2. The standard InChI is InChI=1S/C22H20N2O3/c1-13-6-7-16(12-14(13)2)22-23-21(24-27-22)19-5-3-4-17-15(8-10-18(17)19)9-11-20(25)26/h3-8,12H,9-11H2,1-2H3,(H,25,26). The summed E-state index contributed by atoms with van der Waals surface area (Å²) in [6.07, 6.45) is 3.52. The predicted molar refractivity (Wildman–Crippen MR) is 103 cm³/mol. The van der Waals surface area contributed by atoms with Crippen LogP contribution in [0.15, 0.2) is 47.0 Å². The van der Waals surface area contributed by atoms with Gasteiger partial charge in [0.25, 0.3) is 5.89 Å². The second kappa shape index (κ2) is 6.83. The third-order valence-corrected chi connectivity index (χ3v) is 5.10. The van der Waals surface area contributed by atoms with Crippen LogP contribution in [0.5, 0.6) is 0 Å². The lowest BCUT2D eigenvalue weighted by atomic mass is 9.98. The molecule has 27 heavy (non-hydrogen) atoms. The van der Waals surface area contributed by atoms with E-state index < -0.39 is 5.97 Å². The van der Waals surface area contributed by atoms with Gasteiger partial charge in [0.15, 0.2) is 0 Å². The Morgan fingerprint density at radius 2 is 1.96 bits per heavy atom. The first kappa shape index (κ1) is 17.2. The highest BCUT2D eigenvalue weighted by Crippen LogP contribution is 2.36. The van der Waals surface area contributed by atoms with Gasteiger partial charge in [-0.05, 0) is 66.6 Å². The number of rotatable bonds is 5. The molecule has 136 valence electrons. The van der Waals surface area contributed by atoms with E-state index in [1.807, 2.05) is 36.4 Å². The third kappa shape index (κ3) is 3.28. The van der Waals surface area contributed by atoms with Gasteiger partial charge < -0.3 is 9.63 Å². The van der Waals surface area contributed by atoms with Gasteiger partial charge in [-0.3, -0.25) is 4.79 Å². The number of carboxylic acids is 1. The summed E-state index contributed by atoms with van der Waals surface area (Å²) >= 11 is 0.